The number of carbonyl (C=O) groups excluding carboxylic acids is 1. The zero-order chi connectivity index (χ0) is 20.4. The summed E-state index contributed by atoms with van der Waals surface area (Å²) in [6, 6.07) is 19.3. The number of thiocarbonyl (C=S) groups is 1. The van der Waals surface area contributed by atoms with E-state index in [4.69, 9.17) is 16.6 Å². The zero-order valence-electron chi connectivity index (χ0n) is 15.0. The van der Waals surface area contributed by atoms with Crippen molar-refractivity contribution in [1.29, 1.82) is 0 Å². The van der Waals surface area contributed by atoms with Crippen LogP contribution in [0.4, 0.5) is 10.5 Å². The van der Waals surface area contributed by atoms with Gasteiger partial charge in [-0.2, -0.15) is 0 Å². The van der Waals surface area contributed by atoms with Crippen LogP contribution in [0.25, 0.3) is 17.4 Å². The lowest BCUT2D eigenvalue weighted by Gasteiger charge is -2.14. The van der Waals surface area contributed by atoms with Gasteiger partial charge in [0.25, 0.3) is 10.9 Å². The minimum absolute atomic E-state index is 0.0207. The third kappa shape index (κ3) is 4.13. The summed E-state index contributed by atoms with van der Waals surface area (Å²) in [6.07, 6.45) is 1.74. The molecule has 1 aromatic heterocycles. The highest BCUT2D eigenvalue weighted by Gasteiger charge is 2.31. The van der Waals surface area contributed by atoms with Gasteiger partial charge in [-0.25, -0.2) is 0 Å². The van der Waals surface area contributed by atoms with Gasteiger partial charge >= 0.3 is 0 Å². The Morgan fingerprint density at radius 3 is 2.48 bits per heavy atom. The second-order valence-electron chi connectivity index (χ2n) is 6.26. The van der Waals surface area contributed by atoms with E-state index in [1.165, 1.54) is 12.1 Å². The second-order valence-corrected chi connectivity index (χ2v) is 7.64. The standard InChI is InChI=1S/C21H14N2O4S2/c24-21-22(13-14-4-2-1-3-5-14)20(28)19(29-21)12-17-10-11-18(27-17)15-6-8-16(9-7-15)23(25)26/h1-12H,13H2. The highest BCUT2D eigenvalue weighted by atomic mass is 32.2. The molecule has 8 heteroatoms. The summed E-state index contributed by atoms with van der Waals surface area (Å²) in [5, 5.41) is 10.7. The average Bonchev–Trinajstić information content (AvgIpc) is 3.29. The summed E-state index contributed by atoms with van der Waals surface area (Å²) in [5.41, 5.74) is 1.75. The number of nitro benzene ring substituents is 1. The number of nitro groups is 1. The van der Waals surface area contributed by atoms with E-state index >= 15 is 0 Å². The van der Waals surface area contributed by atoms with Gasteiger partial charge in [0.15, 0.2) is 0 Å². The van der Waals surface area contributed by atoms with Crippen molar-refractivity contribution in [1.82, 2.24) is 4.90 Å². The molecule has 144 valence electrons. The quantitative estimate of drug-likeness (QED) is 0.221. The lowest BCUT2D eigenvalue weighted by molar-refractivity contribution is -0.384. The molecule has 1 fully saturated rings. The third-order valence-electron chi connectivity index (χ3n) is 4.32. The van der Waals surface area contributed by atoms with Gasteiger partial charge in [-0.15, -0.1) is 0 Å². The van der Waals surface area contributed by atoms with E-state index in [0.717, 1.165) is 22.9 Å². The molecule has 0 N–H and O–H groups in total. The molecule has 1 aliphatic heterocycles. The van der Waals surface area contributed by atoms with Crippen LogP contribution in [-0.2, 0) is 6.54 Å². The van der Waals surface area contributed by atoms with Crippen LogP contribution in [0.5, 0.6) is 0 Å². The van der Waals surface area contributed by atoms with Crippen molar-refractivity contribution in [2.75, 3.05) is 0 Å². The van der Waals surface area contributed by atoms with Crippen LogP contribution in [-0.4, -0.2) is 20.1 Å². The molecule has 2 heterocycles. The van der Waals surface area contributed by atoms with Crippen molar-refractivity contribution < 1.29 is 14.1 Å². The van der Waals surface area contributed by atoms with Crippen molar-refractivity contribution in [2.24, 2.45) is 0 Å². The van der Waals surface area contributed by atoms with Crippen molar-refractivity contribution in [3.63, 3.8) is 0 Å². The summed E-state index contributed by atoms with van der Waals surface area (Å²) >= 11 is 6.56. The normalized spacial score (nSPS) is 15.3. The molecule has 0 aliphatic carbocycles. The van der Waals surface area contributed by atoms with Gasteiger partial charge in [0.1, 0.15) is 16.5 Å². The van der Waals surface area contributed by atoms with Gasteiger partial charge in [-0.05, 0) is 47.7 Å². The Kier molecular flexibility index (Phi) is 5.28. The Morgan fingerprint density at radius 2 is 1.79 bits per heavy atom. The zero-order valence-corrected chi connectivity index (χ0v) is 16.6. The molecule has 2 aromatic carbocycles. The molecular weight excluding hydrogens is 408 g/mol. The van der Waals surface area contributed by atoms with Gasteiger partial charge in [-0.3, -0.25) is 19.8 Å². The number of hydrogen-bond acceptors (Lipinski definition) is 6. The molecule has 0 bridgehead atoms. The van der Waals surface area contributed by atoms with Crippen LogP contribution >= 0.6 is 24.0 Å². The average molecular weight is 422 g/mol. The minimum Gasteiger partial charge on any atom is -0.457 e. The largest absolute Gasteiger partial charge is 0.457 e. The molecule has 0 spiro atoms. The Bertz CT molecular complexity index is 1120. The fraction of sp³-hybridized carbons (Fsp3) is 0.0476. The van der Waals surface area contributed by atoms with Gasteiger partial charge in [-0.1, -0.05) is 42.5 Å². The number of thioether (sulfide) groups is 1. The van der Waals surface area contributed by atoms with E-state index in [1.807, 2.05) is 30.3 Å². The van der Waals surface area contributed by atoms with Crippen LogP contribution in [0.15, 0.2) is 76.1 Å². The molecule has 29 heavy (non-hydrogen) atoms. The van der Waals surface area contributed by atoms with E-state index < -0.39 is 4.92 Å². The number of benzene rings is 2. The van der Waals surface area contributed by atoms with Crippen LogP contribution in [0.1, 0.15) is 11.3 Å². The molecule has 3 aromatic rings. The van der Waals surface area contributed by atoms with Crippen LogP contribution in [0.3, 0.4) is 0 Å². The predicted octanol–water partition coefficient (Wildman–Crippen LogP) is 5.89. The Hall–Kier alpha value is -3.23. The third-order valence-corrected chi connectivity index (χ3v) is 5.82. The molecule has 6 nitrogen and oxygen atoms in total. The van der Waals surface area contributed by atoms with Gasteiger partial charge < -0.3 is 4.42 Å². The maximum absolute atomic E-state index is 12.4. The molecule has 0 atom stereocenters. The first-order valence-electron chi connectivity index (χ1n) is 8.65. The number of hydrogen-bond donors (Lipinski definition) is 0. The number of rotatable bonds is 5. The van der Waals surface area contributed by atoms with Crippen molar-refractivity contribution in [3.05, 3.63) is 93.1 Å². The molecular formula is C21H14N2O4S2. The molecule has 0 unspecified atom stereocenters. The van der Waals surface area contributed by atoms with Gasteiger partial charge in [0, 0.05) is 17.7 Å². The Labute approximate surface area is 176 Å². The molecule has 4 rings (SSSR count). The Morgan fingerprint density at radius 1 is 1.07 bits per heavy atom. The summed E-state index contributed by atoms with van der Waals surface area (Å²) < 4.78 is 5.82. The molecule has 0 radical (unpaired) electrons. The van der Waals surface area contributed by atoms with E-state index in [2.05, 4.69) is 0 Å². The summed E-state index contributed by atoms with van der Waals surface area (Å²) in [4.78, 5) is 25.4. The summed E-state index contributed by atoms with van der Waals surface area (Å²) in [6.45, 7) is 0.426. The number of carbonyl (C=O) groups is 1. The first kappa shape index (κ1) is 19.1. The number of furan rings is 1. The molecule has 1 saturated heterocycles. The van der Waals surface area contributed by atoms with E-state index in [1.54, 1.807) is 35.2 Å². The van der Waals surface area contributed by atoms with E-state index in [-0.39, 0.29) is 10.9 Å². The minimum atomic E-state index is -0.446. The lowest BCUT2D eigenvalue weighted by atomic mass is 10.1. The second kappa shape index (κ2) is 8.02. The van der Waals surface area contributed by atoms with E-state index in [9.17, 15) is 14.9 Å². The summed E-state index contributed by atoms with van der Waals surface area (Å²) in [5.74, 6) is 1.13. The fourth-order valence-electron chi connectivity index (χ4n) is 2.86. The maximum atomic E-state index is 12.4. The monoisotopic (exact) mass is 422 g/mol. The number of amides is 1. The lowest BCUT2D eigenvalue weighted by Crippen LogP contribution is -2.26. The number of non-ortho nitro benzene ring substituents is 1. The first-order valence-corrected chi connectivity index (χ1v) is 9.88. The predicted molar refractivity (Wildman–Crippen MR) is 116 cm³/mol. The smallest absolute Gasteiger partial charge is 0.291 e. The van der Waals surface area contributed by atoms with Crippen molar-refractivity contribution >= 4 is 46.0 Å². The van der Waals surface area contributed by atoms with Gasteiger partial charge in [0.05, 0.1) is 16.4 Å². The van der Waals surface area contributed by atoms with Crippen LogP contribution < -0.4 is 0 Å². The molecule has 1 aliphatic rings. The van der Waals surface area contributed by atoms with E-state index in [0.29, 0.717) is 28.0 Å². The molecule has 1 amide bonds. The Balaban J connectivity index is 1.52. The SMILES string of the molecule is O=C1SC(=Cc2ccc(-c3ccc([N+](=O)[O-])cc3)o2)C(=S)N1Cc1ccccc1. The fourth-order valence-corrected chi connectivity index (χ4v) is 4.08. The van der Waals surface area contributed by atoms with Crippen LogP contribution in [0, 0.1) is 10.1 Å². The van der Waals surface area contributed by atoms with Gasteiger partial charge in [0.2, 0.25) is 0 Å². The highest BCUT2D eigenvalue weighted by Crippen LogP contribution is 2.35. The van der Waals surface area contributed by atoms with Crippen molar-refractivity contribution in [3.8, 4) is 11.3 Å². The summed E-state index contributed by atoms with van der Waals surface area (Å²) in [7, 11) is 0. The molecule has 0 saturated carbocycles. The number of nitrogens with zero attached hydrogens (tertiary/aromatic N) is 2. The van der Waals surface area contributed by atoms with Crippen LogP contribution in [0.2, 0.25) is 0 Å². The topological polar surface area (TPSA) is 76.6 Å². The first-order chi connectivity index (χ1) is 14.0. The van der Waals surface area contributed by atoms with Crippen molar-refractivity contribution in [2.45, 2.75) is 6.54 Å². The highest BCUT2D eigenvalue weighted by molar-refractivity contribution is 8.19. The maximum Gasteiger partial charge on any atom is 0.291 e.